The summed E-state index contributed by atoms with van der Waals surface area (Å²) in [6.45, 7) is 8.45. The number of nitrogens with zero attached hydrogens (tertiary/aromatic N) is 1. The molecule has 1 heterocycles. The fourth-order valence-corrected chi connectivity index (χ4v) is 2.29. The second-order valence-electron chi connectivity index (χ2n) is 5.24. The third kappa shape index (κ3) is 3.68. The van der Waals surface area contributed by atoms with Crippen molar-refractivity contribution in [1.82, 2.24) is 10.4 Å². The van der Waals surface area contributed by atoms with E-state index in [1.165, 1.54) is 0 Å². The van der Waals surface area contributed by atoms with E-state index in [0.717, 1.165) is 35.4 Å². The number of aryl methyl sites for hydroxylation is 1. The van der Waals surface area contributed by atoms with Gasteiger partial charge in [0.1, 0.15) is 5.75 Å². The molecule has 1 rings (SSSR count). The molecule has 0 aliphatic rings. The summed E-state index contributed by atoms with van der Waals surface area (Å²) in [4.78, 5) is 4.51. The summed E-state index contributed by atoms with van der Waals surface area (Å²) in [6, 6.07) is 0.253. The monoisotopic (exact) mass is 251 g/mol. The largest absolute Gasteiger partial charge is 0.496 e. The molecule has 0 aromatic carbocycles. The van der Waals surface area contributed by atoms with E-state index in [2.05, 4.69) is 31.2 Å². The van der Waals surface area contributed by atoms with E-state index in [4.69, 9.17) is 10.6 Å². The van der Waals surface area contributed by atoms with Crippen LogP contribution in [0.25, 0.3) is 0 Å². The van der Waals surface area contributed by atoms with Gasteiger partial charge in [-0.3, -0.25) is 16.3 Å². The smallest absolute Gasteiger partial charge is 0.128 e. The van der Waals surface area contributed by atoms with Crippen molar-refractivity contribution in [3.63, 3.8) is 0 Å². The van der Waals surface area contributed by atoms with E-state index < -0.39 is 0 Å². The highest BCUT2D eigenvalue weighted by atomic mass is 16.5. The van der Waals surface area contributed by atoms with Crippen molar-refractivity contribution in [3.05, 3.63) is 23.0 Å². The molecule has 1 atom stereocenters. The van der Waals surface area contributed by atoms with Crippen molar-refractivity contribution in [1.29, 1.82) is 0 Å². The van der Waals surface area contributed by atoms with E-state index in [0.29, 0.717) is 5.92 Å². The molecule has 0 aliphatic carbocycles. The average molecular weight is 251 g/mol. The predicted molar refractivity (Wildman–Crippen MR) is 74.5 cm³/mol. The fraction of sp³-hybridized carbons (Fsp3) is 0.643. The van der Waals surface area contributed by atoms with Gasteiger partial charge < -0.3 is 4.74 Å². The Morgan fingerprint density at radius 3 is 2.56 bits per heavy atom. The Balaban J connectivity index is 2.90. The maximum atomic E-state index is 5.61. The molecular weight excluding hydrogens is 226 g/mol. The average Bonchev–Trinajstić information content (AvgIpc) is 2.31. The van der Waals surface area contributed by atoms with Crippen LogP contribution in [0.5, 0.6) is 5.75 Å². The van der Waals surface area contributed by atoms with Gasteiger partial charge in [-0.1, -0.05) is 13.8 Å². The molecule has 0 aliphatic heterocycles. The Labute approximate surface area is 110 Å². The van der Waals surface area contributed by atoms with E-state index >= 15 is 0 Å². The van der Waals surface area contributed by atoms with Crippen LogP contribution in [-0.2, 0) is 6.42 Å². The maximum Gasteiger partial charge on any atom is 0.128 e. The van der Waals surface area contributed by atoms with Gasteiger partial charge in [-0.05, 0) is 26.2 Å². The van der Waals surface area contributed by atoms with Gasteiger partial charge in [0.2, 0.25) is 0 Å². The zero-order chi connectivity index (χ0) is 13.7. The highest BCUT2D eigenvalue weighted by molar-refractivity contribution is 5.41. The van der Waals surface area contributed by atoms with Crippen molar-refractivity contribution < 1.29 is 4.74 Å². The van der Waals surface area contributed by atoms with Crippen LogP contribution in [0.1, 0.15) is 37.1 Å². The second-order valence-corrected chi connectivity index (χ2v) is 5.24. The second kappa shape index (κ2) is 6.71. The van der Waals surface area contributed by atoms with Gasteiger partial charge in [-0.2, -0.15) is 0 Å². The van der Waals surface area contributed by atoms with Crippen LogP contribution in [0.15, 0.2) is 6.20 Å². The van der Waals surface area contributed by atoms with Gasteiger partial charge in [0, 0.05) is 35.5 Å². The van der Waals surface area contributed by atoms with Crippen molar-refractivity contribution in [2.45, 2.75) is 46.6 Å². The number of hydrazine groups is 1. The molecule has 4 nitrogen and oxygen atoms in total. The fourth-order valence-electron chi connectivity index (χ4n) is 2.29. The molecule has 0 fully saturated rings. The Kier molecular flexibility index (Phi) is 5.56. The molecule has 102 valence electrons. The third-order valence-corrected chi connectivity index (χ3v) is 3.18. The van der Waals surface area contributed by atoms with E-state index in [9.17, 15) is 0 Å². The van der Waals surface area contributed by atoms with E-state index in [1.807, 2.05) is 13.1 Å². The Morgan fingerprint density at radius 1 is 1.39 bits per heavy atom. The summed E-state index contributed by atoms with van der Waals surface area (Å²) >= 11 is 0. The minimum Gasteiger partial charge on any atom is -0.496 e. The summed E-state index contributed by atoms with van der Waals surface area (Å²) in [5.41, 5.74) is 6.12. The summed E-state index contributed by atoms with van der Waals surface area (Å²) in [7, 11) is 1.70. The van der Waals surface area contributed by atoms with Crippen molar-refractivity contribution in [2.24, 2.45) is 11.8 Å². The van der Waals surface area contributed by atoms with Gasteiger partial charge in [0.15, 0.2) is 0 Å². The minimum atomic E-state index is 0.253. The lowest BCUT2D eigenvalue weighted by Crippen LogP contribution is -2.38. The van der Waals surface area contributed by atoms with Crippen LogP contribution < -0.4 is 16.0 Å². The topological polar surface area (TPSA) is 60.2 Å². The van der Waals surface area contributed by atoms with Gasteiger partial charge >= 0.3 is 0 Å². The van der Waals surface area contributed by atoms with Crippen LogP contribution in [-0.4, -0.2) is 18.1 Å². The molecule has 3 N–H and O–H groups in total. The van der Waals surface area contributed by atoms with Crippen LogP contribution in [0.4, 0.5) is 0 Å². The lowest BCUT2D eigenvalue weighted by atomic mass is 9.98. The lowest BCUT2D eigenvalue weighted by molar-refractivity contribution is 0.401. The molecule has 0 spiro atoms. The van der Waals surface area contributed by atoms with Gasteiger partial charge in [-0.25, -0.2) is 0 Å². The molecule has 18 heavy (non-hydrogen) atoms. The molecule has 1 aromatic heterocycles. The highest BCUT2D eigenvalue weighted by Crippen LogP contribution is 2.25. The molecule has 0 saturated heterocycles. The number of aromatic nitrogens is 1. The first-order chi connectivity index (χ1) is 8.49. The number of nitrogens with two attached hydrogens (primary N) is 1. The van der Waals surface area contributed by atoms with Crippen LogP contribution in [0.3, 0.4) is 0 Å². The standard InChI is InChI=1S/C14H25N3O/c1-9(2)6-12(17-15)7-13-11(4)14(18-5)10(3)8-16-13/h8-9,12,17H,6-7,15H2,1-5H3. The number of pyridine rings is 1. The molecular formula is C14H25N3O. The van der Waals surface area contributed by atoms with Gasteiger partial charge in [0.25, 0.3) is 0 Å². The molecule has 0 saturated carbocycles. The van der Waals surface area contributed by atoms with Crippen molar-refractivity contribution >= 4 is 0 Å². The first-order valence-electron chi connectivity index (χ1n) is 6.44. The Bertz CT molecular complexity index is 391. The van der Waals surface area contributed by atoms with Crippen LogP contribution in [0, 0.1) is 19.8 Å². The molecule has 0 amide bonds. The van der Waals surface area contributed by atoms with E-state index in [1.54, 1.807) is 7.11 Å². The first-order valence-corrected chi connectivity index (χ1v) is 6.44. The summed E-state index contributed by atoms with van der Waals surface area (Å²) in [6.07, 6.45) is 3.73. The SMILES string of the molecule is COc1c(C)cnc(CC(CC(C)C)NN)c1C. The maximum absolute atomic E-state index is 5.61. The molecule has 4 heteroatoms. The normalized spacial score (nSPS) is 12.8. The Hall–Kier alpha value is -1.13. The molecule has 1 unspecified atom stereocenters. The highest BCUT2D eigenvalue weighted by Gasteiger charge is 2.15. The molecule has 1 aromatic rings. The minimum absolute atomic E-state index is 0.253. The first kappa shape index (κ1) is 14.9. The number of hydrogen-bond donors (Lipinski definition) is 2. The lowest BCUT2D eigenvalue weighted by Gasteiger charge is -2.19. The van der Waals surface area contributed by atoms with E-state index in [-0.39, 0.29) is 6.04 Å². The number of methoxy groups -OCH3 is 1. The molecule has 0 bridgehead atoms. The van der Waals surface area contributed by atoms with Crippen molar-refractivity contribution in [2.75, 3.05) is 7.11 Å². The molecule has 0 radical (unpaired) electrons. The number of nitrogens with one attached hydrogen (secondary N) is 1. The van der Waals surface area contributed by atoms with Gasteiger partial charge in [0.05, 0.1) is 7.11 Å². The summed E-state index contributed by atoms with van der Waals surface area (Å²) in [5, 5.41) is 0. The number of hydrogen-bond acceptors (Lipinski definition) is 4. The van der Waals surface area contributed by atoms with Crippen molar-refractivity contribution in [3.8, 4) is 5.75 Å². The number of ether oxygens (including phenoxy) is 1. The zero-order valence-electron chi connectivity index (χ0n) is 12.1. The third-order valence-electron chi connectivity index (χ3n) is 3.18. The van der Waals surface area contributed by atoms with Crippen LogP contribution in [0.2, 0.25) is 0 Å². The Morgan fingerprint density at radius 2 is 2.06 bits per heavy atom. The number of rotatable bonds is 6. The zero-order valence-corrected chi connectivity index (χ0v) is 12.1. The van der Waals surface area contributed by atoms with Crippen LogP contribution >= 0.6 is 0 Å². The van der Waals surface area contributed by atoms with Gasteiger partial charge in [-0.15, -0.1) is 0 Å². The summed E-state index contributed by atoms with van der Waals surface area (Å²) < 4.78 is 5.42. The summed E-state index contributed by atoms with van der Waals surface area (Å²) in [5.74, 6) is 7.15. The predicted octanol–water partition coefficient (Wildman–Crippen LogP) is 2.13. The quantitative estimate of drug-likeness (QED) is 0.600.